The van der Waals surface area contributed by atoms with Crippen LogP contribution in [0.4, 0.5) is 5.69 Å². The van der Waals surface area contributed by atoms with E-state index in [1.807, 2.05) is 0 Å². The maximum absolute atomic E-state index is 12.0. The zero-order chi connectivity index (χ0) is 19.1. The smallest absolute Gasteiger partial charge is 0.303 e. The van der Waals surface area contributed by atoms with E-state index in [-0.39, 0.29) is 35.6 Å². The van der Waals surface area contributed by atoms with Crippen molar-refractivity contribution in [3.8, 4) is 0 Å². The molecule has 0 aromatic heterocycles. The lowest BCUT2D eigenvalue weighted by Gasteiger charge is -2.24. The van der Waals surface area contributed by atoms with Crippen molar-refractivity contribution in [2.45, 2.75) is 24.1 Å². The van der Waals surface area contributed by atoms with Gasteiger partial charge in [-0.15, -0.1) is 0 Å². The number of carbonyl (C=O) groups excluding carboxylic acids is 1. The summed E-state index contributed by atoms with van der Waals surface area (Å²) in [7, 11) is -3.19. The van der Waals surface area contributed by atoms with Crippen LogP contribution < -0.4 is 4.90 Å². The highest BCUT2D eigenvalue weighted by Gasteiger charge is 2.49. The number of carbonyl (C=O) groups is 2. The van der Waals surface area contributed by atoms with Crippen molar-refractivity contribution in [1.29, 1.82) is 0 Å². The number of carboxylic acids is 1. The molecule has 1 aromatic carbocycles. The molecule has 0 aliphatic carbocycles. The van der Waals surface area contributed by atoms with Gasteiger partial charge in [-0.25, -0.2) is 8.42 Å². The number of thioether (sulfide) groups is 1. The van der Waals surface area contributed by atoms with Crippen molar-refractivity contribution < 1.29 is 23.1 Å². The van der Waals surface area contributed by atoms with Crippen LogP contribution in [0, 0.1) is 0 Å². The minimum atomic E-state index is -3.19. The zero-order valence-corrected chi connectivity index (χ0v) is 16.4. The first-order valence-corrected chi connectivity index (χ1v) is 11.1. The van der Waals surface area contributed by atoms with E-state index in [0.717, 1.165) is 0 Å². The first-order chi connectivity index (χ1) is 12.1. The summed E-state index contributed by atoms with van der Waals surface area (Å²) >= 11 is 13.3. The lowest BCUT2D eigenvalue weighted by Crippen LogP contribution is -2.37. The molecule has 140 valence electrons. The van der Waals surface area contributed by atoms with E-state index in [4.69, 9.17) is 28.3 Å². The summed E-state index contributed by atoms with van der Waals surface area (Å²) in [5.41, 5.74) is 0.546. The van der Waals surface area contributed by atoms with Crippen molar-refractivity contribution in [3.63, 3.8) is 0 Å². The zero-order valence-electron chi connectivity index (χ0n) is 13.3. The Kier molecular flexibility index (Phi) is 5.53. The van der Waals surface area contributed by atoms with Gasteiger partial charge in [0.25, 0.3) is 0 Å². The van der Waals surface area contributed by atoms with Crippen molar-refractivity contribution in [3.05, 3.63) is 28.2 Å². The SMILES string of the molecule is O=C(O)CCC(=O)N=C1S[C@H]2CS(=O)(=O)C[C@H]2N1c1cc(Cl)cc(Cl)c1. The molecule has 2 saturated heterocycles. The number of benzene rings is 1. The third-order valence-electron chi connectivity index (χ3n) is 3.97. The number of rotatable bonds is 4. The highest BCUT2D eigenvalue weighted by molar-refractivity contribution is 8.16. The number of halogens is 2. The normalized spacial score (nSPS) is 25.5. The minimum Gasteiger partial charge on any atom is -0.481 e. The summed E-state index contributed by atoms with van der Waals surface area (Å²) in [5, 5.41) is 9.51. The van der Waals surface area contributed by atoms with Gasteiger partial charge in [0.05, 0.1) is 24.0 Å². The lowest BCUT2D eigenvalue weighted by molar-refractivity contribution is -0.138. The van der Waals surface area contributed by atoms with Crippen LogP contribution >= 0.6 is 35.0 Å². The number of anilines is 1. The molecule has 0 saturated carbocycles. The van der Waals surface area contributed by atoms with E-state index in [0.29, 0.717) is 20.9 Å². The molecule has 0 radical (unpaired) electrons. The van der Waals surface area contributed by atoms with Crippen molar-refractivity contribution in [2.24, 2.45) is 4.99 Å². The molecule has 26 heavy (non-hydrogen) atoms. The van der Waals surface area contributed by atoms with Crippen LogP contribution in [0.2, 0.25) is 10.0 Å². The van der Waals surface area contributed by atoms with Gasteiger partial charge in [0.1, 0.15) is 0 Å². The molecule has 3 rings (SSSR count). The van der Waals surface area contributed by atoms with E-state index in [1.165, 1.54) is 11.8 Å². The number of fused-ring (bicyclic) bond motifs is 1. The van der Waals surface area contributed by atoms with Crippen LogP contribution in [-0.4, -0.2) is 53.4 Å². The van der Waals surface area contributed by atoms with E-state index in [1.54, 1.807) is 23.1 Å². The van der Waals surface area contributed by atoms with Crippen LogP contribution in [0.3, 0.4) is 0 Å². The van der Waals surface area contributed by atoms with Gasteiger partial charge in [0, 0.05) is 27.4 Å². The number of aliphatic carboxylic acids is 1. The maximum atomic E-state index is 12.0. The third kappa shape index (κ3) is 4.33. The molecule has 1 N–H and O–H groups in total. The number of aliphatic imine (C=N–C) groups is 1. The number of hydrogen-bond acceptors (Lipinski definition) is 5. The molecule has 11 heteroatoms. The average molecular weight is 437 g/mol. The monoisotopic (exact) mass is 436 g/mol. The summed E-state index contributed by atoms with van der Waals surface area (Å²) in [6.45, 7) is 0. The van der Waals surface area contributed by atoms with Gasteiger partial charge in [-0.2, -0.15) is 4.99 Å². The topological polar surface area (TPSA) is 104 Å². The molecule has 0 spiro atoms. The number of amidine groups is 1. The Labute approximate surface area is 164 Å². The highest BCUT2D eigenvalue weighted by Crippen LogP contribution is 2.42. The first-order valence-electron chi connectivity index (χ1n) is 7.60. The van der Waals surface area contributed by atoms with Gasteiger partial charge in [-0.3, -0.25) is 9.59 Å². The fourth-order valence-electron chi connectivity index (χ4n) is 2.92. The summed E-state index contributed by atoms with van der Waals surface area (Å²) < 4.78 is 24.0. The molecular weight excluding hydrogens is 423 g/mol. The predicted molar refractivity (Wildman–Crippen MR) is 102 cm³/mol. The average Bonchev–Trinajstić information content (AvgIpc) is 2.94. The van der Waals surface area contributed by atoms with E-state index < -0.39 is 21.7 Å². The van der Waals surface area contributed by atoms with Crippen LogP contribution in [0.1, 0.15) is 12.8 Å². The Balaban J connectivity index is 1.96. The summed E-state index contributed by atoms with van der Waals surface area (Å²) in [5.74, 6) is -1.72. The number of amides is 1. The lowest BCUT2D eigenvalue weighted by atomic mass is 10.2. The van der Waals surface area contributed by atoms with Gasteiger partial charge in [0.2, 0.25) is 5.91 Å². The van der Waals surface area contributed by atoms with Crippen molar-refractivity contribution in [1.82, 2.24) is 0 Å². The Morgan fingerprint density at radius 3 is 2.46 bits per heavy atom. The summed E-state index contributed by atoms with van der Waals surface area (Å²) in [6.07, 6.45) is -0.540. The summed E-state index contributed by atoms with van der Waals surface area (Å²) in [4.78, 5) is 28.3. The van der Waals surface area contributed by atoms with Crippen LogP contribution in [0.25, 0.3) is 0 Å². The fraction of sp³-hybridized carbons (Fsp3) is 0.400. The second kappa shape index (κ2) is 7.38. The summed E-state index contributed by atoms with van der Waals surface area (Å²) in [6, 6.07) is 4.41. The van der Waals surface area contributed by atoms with Crippen LogP contribution in [0.5, 0.6) is 0 Å². The van der Waals surface area contributed by atoms with E-state index in [2.05, 4.69) is 4.99 Å². The molecule has 1 amide bonds. The second-order valence-corrected chi connectivity index (χ2v) is 10.2. The molecule has 0 unspecified atom stereocenters. The standard InChI is InChI=1S/C15H14Cl2N2O5S2/c16-8-3-9(17)5-10(4-8)19-11-6-26(23,24)7-12(11)25-15(19)18-13(20)1-2-14(21)22/h3-5,11-12H,1-2,6-7H2,(H,21,22)/t11-,12+/m1/s1. The van der Waals surface area contributed by atoms with Gasteiger partial charge in [-0.05, 0) is 18.2 Å². The maximum Gasteiger partial charge on any atom is 0.303 e. The molecule has 2 aliphatic rings. The molecule has 2 atom stereocenters. The molecular formula is C15H14Cl2N2O5S2. The quantitative estimate of drug-likeness (QED) is 0.772. The Bertz CT molecular complexity index is 883. The number of nitrogens with zero attached hydrogens (tertiary/aromatic N) is 2. The Hall–Kier alpha value is -1.29. The van der Waals surface area contributed by atoms with Crippen LogP contribution in [-0.2, 0) is 19.4 Å². The minimum absolute atomic E-state index is 0.00450. The largest absolute Gasteiger partial charge is 0.481 e. The Morgan fingerprint density at radius 1 is 1.19 bits per heavy atom. The number of hydrogen-bond donors (Lipinski definition) is 1. The first kappa shape index (κ1) is 19.5. The molecule has 2 aliphatic heterocycles. The van der Waals surface area contributed by atoms with Crippen LogP contribution in [0.15, 0.2) is 23.2 Å². The molecule has 1 aromatic rings. The van der Waals surface area contributed by atoms with E-state index in [9.17, 15) is 18.0 Å². The molecule has 2 fully saturated rings. The fourth-order valence-corrected chi connectivity index (χ4v) is 7.37. The van der Waals surface area contributed by atoms with Crippen molar-refractivity contribution in [2.75, 3.05) is 16.4 Å². The molecule has 2 heterocycles. The highest BCUT2D eigenvalue weighted by atomic mass is 35.5. The molecule has 7 nitrogen and oxygen atoms in total. The van der Waals surface area contributed by atoms with Gasteiger partial charge >= 0.3 is 5.97 Å². The molecule has 0 bridgehead atoms. The predicted octanol–water partition coefficient (Wildman–Crippen LogP) is 2.46. The van der Waals surface area contributed by atoms with E-state index >= 15 is 0 Å². The third-order valence-corrected chi connectivity index (χ3v) is 7.61. The van der Waals surface area contributed by atoms with Gasteiger partial charge in [-0.1, -0.05) is 35.0 Å². The van der Waals surface area contributed by atoms with Gasteiger partial charge < -0.3 is 10.0 Å². The van der Waals surface area contributed by atoms with Gasteiger partial charge in [0.15, 0.2) is 15.0 Å². The number of carboxylic acid groups (broad SMARTS) is 1. The second-order valence-electron chi connectivity index (χ2n) is 5.98. The number of sulfone groups is 1. The Morgan fingerprint density at radius 2 is 1.85 bits per heavy atom. The van der Waals surface area contributed by atoms with Crippen molar-refractivity contribution >= 4 is 67.5 Å².